The molecule has 42 heavy (non-hydrogen) atoms. The number of fused-ring (bicyclic) bond motifs is 3. The number of morpholine rings is 1. The maximum atomic E-state index is 13.0. The number of thiophene rings is 1. The monoisotopic (exact) mass is 584 g/mol. The Kier molecular flexibility index (Phi) is 7.94. The first kappa shape index (κ1) is 28.3. The topological polar surface area (TPSA) is 92.7 Å². The Morgan fingerprint density at radius 1 is 1.17 bits per heavy atom. The van der Waals surface area contributed by atoms with Crippen molar-refractivity contribution in [2.45, 2.75) is 46.3 Å². The van der Waals surface area contributed by atoms with E-state index in [2.05, 4.69) is 39.0 Å². The third-order valence-corrected chi connectivity index (χ3v) is 8.75. The number of aromatic nitrogens is 3. The highest BCUT2D eigenvalue weighted by Crippen LogP contribution is 2.38. The van der Waals surface area contributed by atoms with Crippen LogP contribution in [0.4, 0.5) is 11.5 Å². The highest BCUT2D eigenvalue weighted by Gasteiger charge is 2.27. The largest absolute Gasteiger partial charge is 0.455 e. The Bertz CT molecular complexity index is 1630. The molecule has 218 valence electrons. The van der Waals surface area contributed by atoms with Gasteiger partial charge in [0.2, 0.25) is 5.91 Å². The van der Waals surface area contributed by atoms with Crippen LogP contribution in [0.2, 0.25) is 0 Å². The van der Waals surface area contributed by atoms with Crippen molar-refractivity contribution in [3.8, 4) is 11.5 Å². The molecule has 0 spiro atoms. The Morgan fingerprint density at radius 3 is 2.83 bits per heavy atom. The van der Waals surface area contributed by atoms with Crippen LogP contribution in [0.3, 0.4) is 0 Å². The zero-order valence-corrected chi connectivity index (χ0v) is 25.3. The molecule has 2 aliphatic heterocycles. The second-order valence-corrected chi connectivity index (χ2v) is 12.6. The van der Waals surface area contributed by atoms with Crippen LogP contribution in [-0.2, 0) is 22.5 Å². The SMILES string of the molecule is Cc1ccc(Oc2ccc(Nc3ncnc4sc5c(c34)CCN(C(=O)/C=C/CN3CCOC(C)(C)C3)C5)cc2C)cn1. The summed E-state index contributed by atoms with van der Waals surface area (Å²) in [5.41, 5.74) is 3.95. The van der Waals surface area contributed by atoms with Gasteiger partial charge in [-0.1, -0.05) is 6.08 Å². The lowest BCUT2D eigenvalue weighted by atomic mass is 10.0. The maximum Gasteiger partial charge on any atom is 0.246 e. The Morgan fingerprint density at radius 2 is 2.05 bits per heavy atom. The molecule has 0 saturated carbocycles. The normalized spacial score (nSPS) is 17.0. The second kappa shape index (κ2) is 11.8. The molecule has 1 N–H and O–H groups in total. The van der Waals surface area contributed by atoms with Gasteiger partial charge in [0.05, 0.1) is 30.3 Å². The minimum absolute atomic E-state index is 0.0502. The van der Waals surface area contributed by atoms with Gasteiger partial charge in [0.25, 0.3) is 0 Å². The maximum absolute atomic E-state index is 13.0. The van der Waals surface area contributed by atoms with Crippen molar-refractivity contribution in [3.05, 3.63) is 76.7 Å². The van der Waals surface area contributed by atoms with Crippen molar-refractivity contribution < 1.29 is 14.3 Å². The van der Waals surface area contributed by atoms with Crippen LogP contribution in [-0.4, -0.2) is 69.0 Å². The zero-order valence-electron chi connectivity index (χ0n) is 24.5. The molecular formula is C32H36N6O3S. The first-order chi connectivity index (χ1) is 20.2. The van der Waals surface area contributed by atoms with E-state index in [0.717, 1.165) is 71.4 Å². The number of benzene rings is 1. The van der Waals surface area contributed by atoms with Crippen LogP contribution in [0.5, 0.6) is 11.5 Å². The van der Waals surface area contributed by atoms with Crippen molar-refractivity contribution in [2.24, 2.45) is 0 Å². The summed E-state index contributed by atoms with van der Waals surface area (Å²) in [7, 11) is 0. The number of nitrogens with one attached hydrogen (secondary N) is 1. The molecule has 1 amide bonds. The van der Waals surface area contributed by atoms with Crippen molar-refractivity contribution in [3.63, 3.8) is 0 Å². The first-order valence-electron chi connectivity index (χ1n) is 14.3. The van der Waals surface area contributed by atoms with Gasteiger partial charge < -0.3 is 19.7 Å². The molecule has 1 saturated heterocycles. The number of ether oxygens (including phenoxy) is 2. The standard InChI is InChI=1S/C32H36N6O3S/c1-21-16-23(8-10-26(21)41-24-9-7-22(2)33-17-24)36-30-29-25-11-13-38(18-27(25)42-31(29)35-20-34-30)28(39)6-5-12-37-14-15-40-32(3,4)19-37/h5-10,16-17,20H,11-15,18-19H2,1-4H3,(H,34,35,36)/b6-5+. The summed E-state index contributed by atoms with van der Waals surface area (Å²) in [4.78, 5) is 32.9. The van der Waals surface area contributed by atoms with E-state index in [1.54, 1.807) is 29.9 Å². The Labute approximate surface area is 250 Å². The van der Waals surface area contributed by atoms with Crippen molar-refractivity contribution in [1.29, 1.82) is 0 Å². The Hall–Kier alpha value is -3.86. The van der Waals surface area contributed by atoms with Crippen LogP contribution >= 0.6 is 11.3 Å². The molecule has 5 heterocycles. The average molecular weight is 585 g/mol. The summed E-state index contributed by atoms with van der Waals surface area (Å²) in [6.07, 6.45) is 7.80. The van der Waals surface area contributed by atoms with E-state index in [9.17, 15) is 4.79 Å². The molecule has 10 heteroatoms. The molecule has 0 atom stereocenters. The lowest BCUT2D eigenvalue weighted by Crippen LogP contribution is -2.48. The van der Waals surface area contributed by atoms with Gasteiger partial charge in [0.15, 0.2) is 0 Å². The van der Waals surface area contributed by atoms with Gasteiger partial charge in [-0.2, -0.15) is 0 Å². The summed E-state index contributed by atoms with van der Waals surface area (Å²) < 4.78 is 11.8. The summed E-state index contributed by atoms with van der Waals surface area (Å²) in [6.45, 7) is 12.7. The fraction of sp³-hybridized carbons (Fsp3) is 0.375. The van der Waals surface area contributed by atoms with Gasteiger partial charge in [-0.3, -0.25) is 14.7 Å². The summed E-state index contributed by atoms with van der Waals surface area (Å²) in [6, 6.07) is 9.84. The van der Waals surface area contributed by atoms with E-state index in [1.807, 2.05) is 55.2 Å². The Balaban J connectivity index is 1.13. The number of anilines is 2. The molecule has 4 aromatic rings. The number of carbonyl (C=O) groups is 1. The molecule has 9 nitrogen and oxygen atoms in total. The molecule has 3 aromatic heterocycles. The lowest BCUT2D eigenvalue weighted by molar-refractivity contribution is -0.126. The van der Waals surface area contributed by atoms with E-state index >= 15 is 0 Å². The minimum Gasteiger partial charge on any atom is -0.455 e. The highest BCUT2D eigenvalue weighted by atomic mass is 32.1. The number of hydrogen-bond acceptors (Lipinski definition) is 9. The summed E-state index contributed by atoms with van der Waals surface area (Å²) >= 11 is 1.64. The molecule has 0 unspecified atom stereocenters. The van der Waals surface area contributed by atoms with Crippen LogP contribution in [0.1, 0.15) is 35.5 Å². The van der Waals surface area contributed by atoms with Crippen molar-refractivity contribution in [2.75, 3.05) is 38.1 Å². The lowest BCUT2D eigenvalue weighted by Gasteiger charge is -2.37. The van der Waals surface area contributed by atoms with Crippen LogP contribution in [0.15, 0.2) is 55.0 Å². The zero-order chi connectivity index (χ0) is 29.3. The van der Waals surface area contributed by atoms with Gasteiger partial charge in [-0.15, -0.1) is 11.3 Å². The first-order valence-corrected chi connectivity index (χ1v) is 15.1. The molecule has 1 aromatic carbocycles. The molecule has 2 aliphatic rings. The average Bonchev–Trinajstić information content (AvgIpc) is 3.34. The van der Waals surface area contributed by atoms with E-state index in [-0.39, 0.29) is 11.5 Å². The number of rotatable bonds is 7. The second-order valence-electron chi connectivity index (χ2n) is 11.5. The van der Waals surface area contributed by atoms with Crippen molar-refractivity contribution >= 4 is 39.0 Å². The quantitative estimate of drug-likeness (QED) is 0.273. The predicted molar refractivity (Wildman–Crippen MR) is 166 cm³/mol. The van der Waals surface area contributed by atoms with Crippen LogP contribution < -0.4 is 10.1 Å². The fourth-order valence-electron chi connectivity index (χ4n) is 5.51. The molecule has 1 fully saturated rings. The number of carbonyl (C=O) groups excluding carboxylic acids is 1. The van der Waals surface area contributed by atoms with Gasteiger partial charge in [0, 0.05) is 48.5 Å². The number of nitrogens with zero attached hydrogens (tertiary/aromatic N) is 5. The van der Waals surface area contributed by atoms with E-state index in [4.69, 9.17) is 9.47 Å². The number of hydrogen-bond donors (Lipinski definition) is 1. The predicted octanol–water partition coefficient (Wildman–Crippen LogP) is 5.79. The van der Waals surface area contributed by atoms with Gasteiger partial charge >= 0.3 is 0 Å². The fourth-order valence-corrected chi connectivity index (χ4v) is 6.71. The third-order valence-electron chi connectivity index (χ3n) is 7.63. The van der Waals surface area contributed by atoms with Gasteiger partial charge in [-0.05, 0) is 75.6 Å². The molecule has 6 rings (SSSR count). The minimum atomic E-state index is -0.145. The highest BCUT2D eigenvalue weighted by molar-refractivity contribution is 7.19. The summed E-state index contributed by atoms with van der Waals surface area (Å²) in [5, 5.41) is 4.54. The smallest absolute Gasteiger partial charge is 0.246 e. The van der Waals surface area contributed by atoms with E-state index in [0.29, 0.717) is 18.8 Å². The number of amides is 1. The third kappa shape index (κ3) is 6.30. The van der Waals surface area contributed by atoms with E-state index in [1.165, 1.54) is 10.4 Å². The molecule has 0 radical (unpaired) electrons. The van der Waals surface area contributed by atoms with E-state index < -0.39 is 0 Å². The molecule has 0 bridgehead atoms. The van der Waals surface area contributed by atoms with Gasteiger partial charge in [-0.25, -0.2) is 9.97 Å². The van der Waals surface area contributed by atoms with Gasteiger partial charge in [0.1, 0.15) is 28.5 Å². The number of pyridine rings is 1. The van der Waals surface area contributed by atoms with Crippen molar-refractivity contribution in [1.82, 2.24) is 24.8 Å². The number of aryl methyl sites for hydroxylation is 2. The van der Waals surface area contributed by atoms with Crippen LogP contribution in [0, 0.1) is 13.8 Å². The summed E-state index contributed by atoms with van der Waals surface area (Å²) in [5.74, 6) is 2.31. The van der Waals surface area contributed by atoms with Crippen LogP contribution in [0.25, 0.3) is 10.2 Å². The molecular weight excluding hydrogens is 548 g/mol. The molecule has 0 aliphatic carbocycles.